The predicted molar refractivity (Wildman–Crippen MR) is 98.4 cm³/mol. The number of nitrogens with two attached hydrogens (primary N) is 1. The fraction of sp³-hybridized carbons (Fsp3) is 0.833. The van der Waals surface area contributed by atoms with Crippen LogP contribution in [-0.2, 0) is 14.4 Å². The number of carbonyl (C=O) groups excluding carboxylic acids is 1. The fourth-order valence-corrected chi connectivity index (χ4v) is 2.19. The van der Waals surface area contributed by atoms with Crippen LogP contribution in [0.1, 0.15) is 84.0 Å². The molecule has 0 aliphatic carbocycles. The van der Waals surface area contributed by atoms with Gasteiger partial charge in [0.05, 0.1) is 6.54 Å². The molecule has 5 N–H and O–H groups in total. The molecule has 0 aromatic rings. The maximum Gasteiger partial charge on any atom is 0.322 e. The van der Waals surface area contributed by atoms with Gasteiger partial charge in [-0.1, -0.05) is 71.1 Å². The largest absolute Gasteiger partial charge is 0.481 e. The summed E-state index contributed by atoms with van der Waals surface area (Å²) in [7, 11) is 0. The number of carboxylic acids is 2. The van der Waals surface area contributed by atoms with Crippen molar-refractivity contribution < 1.29 is 24.6 Å². The van der Waals surface area contributed by atoms with Gasteiger partial charge >= 0.3 is 11.9 Å². The van der Waals surface area contributed by atoms with Crippen LogP contribution in [0.3, 0.4) is 0 Å². The van der Waals surface area contributed by atoms with Gasteiger partial charge in [-0.25, -0.2) is 0 Å². The first-order chi connectivity index (χ1) is 11.9. The lowest BCUT2D eigenvalue weighted by Gasteiger charge is -2.01. The molecule has 0 spiro atoms. The van der Waals surface area contributed by atoms with Gasteiger partial charge in [0.15, 0.2) is 0 Å². The van der Waals surface area contributed by atoms with Crippen LogP contribution in [0.15, 0.2) is 0 Å². The van der Waals surface area contributed by atoms with Crippen LogP contribution < -0.4 is 11.1 Å². The number of carboxylic acid groups (broad SMARTS) is 2. The predicted octanol–water partition coefficient (Wildman–Crippen LogP) is 2.92. The van der Waals surface area contributed by atoms with Gasteiger partial charge in [0.1, 0.15) is 6.54 Å². The second kappa shape index (κ2) is 20.4. The van der Waals surface area contributed by atoms with E-state index in [1.54, 1.807) is 0 Å². The fourth-order valence-electron chi connectivity index (χ4n) is 2.19. The Balaban J connectivity index is 0. The Kier molecular flexibility index (Phi) is 20.9. The summed E-state index contributed by atoms with van der Waals surface area (Å²) in [4.78, 5) is 30.2. The van der Waals surface area contributed by atoms with E-state index in [0.29, 0.717) is 6.42 Å². The van der Waals surface area contributed by atoms with Crippen LogP contribution in [0.5, 0.6) is 0 Å². The average Bonchev–Trinajstić information content (AvgIpc) is 2.57. The van der Waals surface area contributed by atoms with E-state index >= 15 is 0 Å². The Morgan fingerprint density at radius 1 is 0.760 bits per heavy atom. The summed E-state index contributed by atoms with van der Waals surface area (Å²) in [6.45, 7) is 1.71. The zero-order valence-corrected chi connectivity index (χ0v) is 15.6. The highest BCUT2D eigenvalue weighted by Gasteiger charge is 1.99. The summed E-state index contributed by atoms with van der Waals surface area (Å²) in [6, 6.07) is 0. The summed E-state index contributed by atoms with van der Waals surface area (Å²) in [5.74, 6) is -2.19. The molecule has 0 fully saturated rings. The molecule has 0 atom stereocenters. The van der Waals surface area contributed by atoms with E-state index < -0.39 is 17.8 Å². The maximum atomic E-state index is 10.3. The van der Waals surface area contributed by atoms with Gasteiger partial charge in [0, 0.05) is 6.42 Å². The van der Waals surface area contributed by atoms with Gasteiger partial charge in [0.25, 0.3) is 0 Å². The molecule has 7 nitrogen and oxygen atoms in total. The van der Waals surface area contributed by atoms with Gasteiger partial charge in [-0.15, -0.1) is 0 Å². The second-order valence-corrected chi connectivity index (χ2v) is 6.05. The number of hydrogen-bond acceptors (Lipinski definition) is 4. The number of aliphatic carboxylic acids is 2. The minimum Gasteiger partial charge on any atom is -0.481 e. The third-order valence-electron chi connectivity index (χ3n) is 3.62. The minimum atomic E-state index is -1.07. The van der Waals surface area contributed by atoms with E-state index in [2.05, 4.69) is 12.2 Å². The van der Waals surface area contributed by atoms with Crippen molar-refractivity contribution in [2.75, 3.05) is 13.1 Å². The summed E-state index contributed by atoms with van der Waals surface area (Å²) >= 11 is 0. The van der Waals surface area contributed by atoms with Crippen molar-refractivity contribution in [1.82, 2.24) is 5.32 Å². The van der Waals surface area contributed by atoms with Crippen LogP contribution in [0.2, 0.25) is 0 Å². The van der Waals surface area contributed by atoms with Gasteiger partial charge in [0.2, 0.25) is 5.91 Å². The molecule has 0 radical (unpaired) electrons. The zero-order chi connectivity index (χ0) is 19.3. The molecule has 0 aliphatic rings. The van der Waals surface area contributed by atoms with Crippen molar-refractivity contribution in [2.24, 2.45) is 5.73 Å². The summed E-state index contributed by atoms with van der Waals surface area (Å²) in [5, 5.41) is 18.5. The van der Waals surface area contributed by atoms with Crippen molar-refractivity contribution in [1.29, 1.82) is 0 Å². The Morgan fingerprint density at radius 3 is 1.56 bits per heavy atom. The van der Waals surface area contributed by atoms with Crippen molar-refractivity contribution in [2.45, 2.75) is 84.0 Å². The quantitative estimate of drug-likeness (QED) is 0.332. The first kappa shape index (κ1) is 25.6. The Morgan fingerprint density at radius 2 is 1.20 bits per heavy atom. The van der Waals surface area contributed by atoms with Gasteiger partial charge < -0.3 is 21.3 Å². The van der Waals surface area contributed by atoms with E-state index in [-0.39, 0.29) is 13.1 Å². The van der Waals surface area contributed by atoms with Crippen LogP contribution in [0.4, 0.5) is 0 Å². The normalized spacial score (nSPS) is 9.84. The molecule has 0 rings (SSSR count). The van der Waals surface area contributed by atoms with Crippen molar-refractivity contribution in [3.8, 4) is 0 Å². The van der Waals surface area contributed by atoms with E-state index in [1.807, 2.05) is 0 Å². The molecule has 25 heavy (non-hydrogen) atoms. The first-order valence-corrected chi connectivity index (χ1v) is 9.34. The molecular formula is C18H36N2O5. The lowest BCUT2D eigenvalue weighted by atomic mass is 10.1. The van der Waals surface area contributed by atoms with Crippen LogP contribution >= 0.6 is 0 Å². The van der Waals surface area contributed by atoms with Crippen molar-refractivity contribution in [3.05, 3.63) is 0 Å². The molecule has 0 saturated heterocycles. The molecule has 0 saturated carbocycles. The number of carbonyl (C=O) groups is 3. The molecule has 1 amide bonds. The third kappa shape index (κ3) is 27.5. The number of unbranched alkanes of at least 4 members (excludes halogenated alkanes) is 10. The summed E-state index contributed by atoms with van der Waals surface area (Å²) in [6.07, 6.45) is 14.4. The third-order valence-corrected chi connectivity index (χ3v) is 3.62. The van der Waals surface area contributed by atoms with Gasteiger partial charge in [-0.3, -0.25) is 14.4 Å². The smallest absolute Gasteiger partial charge is 0.322 e. The van der Waals surface area contributed by atoms with E-state index in [9.17, 15) is 14.4 Å². The molecule has 148 valence electrons. The number of rotatable bonds is 15. The SMILES string of the molecule is CCCCCCCCCCCCCC(=O)O.NCC(=O)NCC(=O)O. The van der Waals surface area contributed by atoms with E-state index in [1.165, 1.54) is 57.8 Å². The molecular weight excluding hydrogens is 324 g/mol. The Labute approximate surface area is 151 Å². The van der Waals surface area contributed by atoms with Crippen molar-refractivity contribution in [3.63, 3.8) is 0 Å². The zero-order valence-electron chi connectivity index (χ0n) is 15.6. The highest BCUT2D eigenvalue weighted by atomic mass is 16.4. The molecule has 0 bridgehead atoms. The lowest BCUT2D eigenvalue weighted by Crippen LogP contribution is -2.34. The number of nitrogens with one attached hydrogen (secondary N) is 1. The van der Waals surface area contributed by atoms with Crippen molar-refractivity contribution >= 4 is 17.8 Å². The van der Waals surface area contributed by atoms with E-state index in [0.717, 1.165) is 12.8 Å². The molecule has 0 aliphatic heterocycles. The maximum absolute atomic E-state index is 10.3. The number of hydrogen-bond donors (Lipinski definition) is 4. The number of amides is 1. The average molecular weight is 360 g/mol. The highest BCUT2D eigenvalue weighted by Crippen LogP contribution is 2.11. The molecule has 0 unspecified atom stereocenters. The topological polar surface area (TPSA) is 130 Å². The van der Waals surface area contributed by atoms with Gasteiger partial charge in [-0.05, 0) is 6.42 Å². The van der Waals surface area contributed by atoms with Crippen LogP contribution in [0, 0.1) is 0 Å². The van der Waals surface area contributed by atoms with Crippen LogP contribution in [0.25, 0.3) is 0 Å². The standard InChI is InChI=1S/C14H28O2.C4H8N2O3/c1-2-3-4-5-6-7-8-9-10-11-12-13-14(15)16;5-1-3(7)6-2-4(8)9/h2-13H2,1H3,(H,15,16);1-2,5H2,(H,6,7)(H,8,9). The van der Waals surface area contributed by atoms with Gasteiger partial charge in [-0.2, -0.15) is 0 Å². The highest BCUT2D eigenvalue weighted by molar-refractivity contribution is 5.82. The minimum absolute atomic E-state index is 0.173. The Bertz CT molecular complexity index is 348. The Hall–Kier alpha value is -1.63. The molecule has 7 heteroatoms. The summed E-state index contributed by atoms with van der Waals surface area (Å²) < 4.78 is 0. The lowest BCUT2D eigenvalue weighted by molar-refractivity contribution is -0.138. The summed E-state index contributed by atoms with van der Waals surface area (Å²) in [5.41, 5.74) is 4.85. The monoisotopic (exact) mass is 360 g/mol. The van der Waals surface area contributed by atoms with E-state index in [4.69, 9.17) is 15.9 Å². The molecule has 0 aromatic heterocycles. The molecule has 0 heterocycles. The molecule has 0 aromatic carbocycles. The first-order valence-electron chi connectivity index (χ1n) is 9.34. The van der Waals surface area contributed by atoms with Crippen LogP contribution in [-0.4, -0.2) is 41.1 Å². The second-order valence-electron chi connectivity index (χ2n) is 6.05.